The maximum atomic E-state index is 5.68. The summed E-state index contributed by atoms with van der Waals surface area (Å²) in [5.41, 5.74) is 3.77. The third-order valence-electron chi connectivity index (χ3n) is 3.85. The van der Waals surface area contributed by atoms with Crippen LogP contribution in [0, 0.1) is 0 Å². The van der Waals surface area contributed by atoms with Gasteiger partial charge in [0.2, 0.25) is 0 Å². The van der Waals surface area contributed by atoms with Gasteiger partial charge < -0.3 is 4.74 Å². The third kappa shape index (κ3) is 2.51. The van der Waals surface area contributed by atoms with Crippen LogP contribution in [0.2, 0.25) is 0 Å². The number of rotatable bonds is 4. The van der Waals surface area contributed by atoms with Gasteiger partial charge in [0.1, 0.15) is 5.75 Å². The van der Waals surface area contributed by atoms with Gasteiger partial charge in [-0.2, -0.15) is 0 Å². The molecule has 2 aromatic rings. The molecule has 0 aliphatic heterocycles. The van der Waals surface area contributed by atoms with E-state index in [9.17, 15) is 0 Å². The van der Waals surface area contributed by atoms with Gasteiger partial charge in [0.15, 0.2) is 0 Å². The van der Waals surface area contributed by atoms with Gasteiger partial charge in [0, 0.05) is 11.0 Å². The Morgan fingerprint density at radius 3 is 2.21 bits per heavy atom. The second kappa shape index (κ2) is 5.48. The molecule has 0 fully saturated rings. The first kappa shape index (κ1) is 13.7. The van der Waals surface area contributed by atoms with Crippen molar-refractivity contribution in [3.63, 3.8) is 0 Å². The Kier molecular flexibility index (Phi) is 3.94. The van der Waals surface area contributed by atoms with E-state index >= 15 is 0 Å². The summed E-state index contributed by atoms with van der Waals surface area (Å²) in [5.74, 6) is 1.03. The van der Waals surface area contributed by atoms with Gasteiger partial charge in [0.25, 0.3) is 0 Å². The minimum atomic E-state index is -0.0578. The largest absolute Gasteiger partial charge is 0.496 e. The number of para-hydroxylation sites is 1. The standard InChI is InChI=1S/C18H22O/c1-5-14-10-9-13-16(17(14)19-4)18(2,3)15-11-7-6-8-12-15/h6-13H,5H2,1-4H3. The van der Waals surface area contributed by atoms with Crippen LogP contribution < -0.4 is 4.74 Å². The monoisotopic (exact) mass is 254 g/mol. The van der Waals surface area contributed by atoms with Crippen LogP contribution in [-0.2, 0) is 11.8 Å². The van der Waals surface area contributed by atoms with Crippen molar-refractivity contribution in [2.24, 2.45) is 0 Å². The molecule has 1 heteroatoms. The van der Waals surface area contributed by atoms with Crippen LogP contribution in [0.4, 0.5) is 0 Å². The average molecular weight is 254 g/mol. The zero-order valence-corrected chi connectivity index (χ0v) is 12.2. The molecule has 100 valence electrons. The van der Waals surface area contributed by atoms with Crippen LogP contribution in [0.15, 0.2) is 48.5 Å². The topological polar surface area (TPSA) is 9.23 Å². The van der Waals surface area contributed by atoms with Crippen LogP contribution in [0.1, 0.15) is 37.5 Å². The molecule has 0 atom stereocenters. The zero-order valence-electron chi connectivity index (χ0n) is 12.2. The molecule has 0 N–H and O–H groups in total. The fraction of sp³-hybridized carbons (Fsp3) is 0.333. The molecule has 0 spiro atoms. The Morgan fingerprint density at radius 2 is 1.63 bits per heavy atom. The Bertz CT molecular complexity index is 541. The normalized spacial score (nSPS) is 11.4. The van der Waals surface area contributed by atoms with Crippen LogP contribution in [-0.4, -0.2) is 7.11 Å². The van der Waals surface area contributed by atoms with Gasteiger partial charge in [-0.15, -0.1) is 0 Å². The lowest BCUT2D eigenvalue weighted by molar-refractivity contribution is 0.396. The molecule has 0 aliphatic rings. The Morgan fingerprint density at radius 1 is 0.947 bits per heavy atom. The first-order valence-corrected chi connectivity index (χ1v) is 6.83. The predicted octanol–water partition coefficient (Wildman–Crippen LogP) is 4.58. The molecule has 0 aromatic heterocycles. The van der Waals surface area contributed by atoms with Crippen LogP contribution >= 0.6 is 0 Å². The summed E-state index contributed by atoms with van der Waals surface area (Å²) in [6, 6.07) is 17.0. The molecule has 0 bridgehead atoms. The van der Waals surface area contributed by atoms with Gasteiger partial charge in [-0.1, -0.05) is 69.3 Å². The molecular weight excluding hydrogens is 232 g/mol. The van der Waals surface area contributed by atoms with Gasteiger partial charge >= 0.3 is 0 Å². The highest BCUT2D eigenvalue weighted by Gasteiger charge is 2.27. The second-order valence-electron chi connectivity index (χ2n) is 5.34. The fourth-order valence-corrected chi connectivity index (χ4v) is 2.61. The van der Waals surface area contributed by atoms with Crippen molar-refractivity contribution in [1.29, 1.82) is 0 Å². The number of hydrogen-bond donors (Lipinski definition) is 0. The van der Waals surface area contributed by atoms with E-state index in [1.165, 1.54) is 16.7 Å². The van der Waals surface area contributed by atoms with E-state index in [0.29, 0.717) is 0 Å². The molecule has 0 radical (unpaired) electrons. The van der Waals surface area contributed by atoms with Crippen LogP contribution in [0.25, 0.3) is 0 Å². The fourth-order valence-electron chi connectivity index (χ4n) is 2.61. The summed E-state index contributed by atoms with van der Waals surface area (Å²) < 4.78 is 5.68. The second-order valence-corrected chi connectivity index (χ2v) is 5.34. The van der Waals surface area contributed by atoms with Crippen molar-refractivity contribution in [2.45, 2.75) is 32.6 Å². The number of ether oxygens (including phenoxy) is 1. The van der Waals surface area contributed by atoms with E-state index < -0.39 is 0 Å². The predicted molar refractivity (Wildman–Crippen MR) is 80.9 cm³/mol. The molecule has 0 saturated carbocycles. The summed E-state index contributed by atoms with van der Waals surface area (Å²) >= 11 is 0. The van der Waals surface area contributed by atoms with E-state index in [0.717, 1.165) is 12.2 Å². The van der Waals surface area contributed by atoms with Gasteiger partial charge in [-0.05, 0) is 17.5 Å². The molecule has 0 unspecified atom stereocenters. The Hall–Kier alpha value is -1.76. The van der Waals surface area contributed by atoms with Gasteiger partial charge in [-0.3, -0.25) is 0 Å². The summed E-state index contributed by atoms with van der Waals surface area (Å²) in [7, 11) is 1.76. The maximum absolute atomic E-state index is 5.68. The molecule has 0 saturated heterocycles. The summed E-state index contributed by atoms with van der Waals surface area (Å²) in [6.07, 6.45) is 0.988. The smallest absolute Gasteiger partial charge is 0.126 e. The molecule has 0 heterocycles. The highest BCUT2D eigenvalue weighted by molar-refractivity contribution is 5.50. The molecule has 1 nitrogen and oxygen atoms in total. The van der Waals surface area contributed by atoms with E-state index in [1.54, 1.807) is 7.11 Å². The molecule has 0 aliphatic carbocycles. The highest BCUT2D eigenvalue weighted by atomic mass is 16.5. The lowest BCUT2D eigenvalue weighted by Gasteiger charge is -2.29. The highest BCUT2D eigenvalue weighted by Crippen LogP contribution is 2.38. The van der Waals surface area contributed by atoms with E-state index in [-0.39, 0.29) is 5.41 Å². The first-order chi connectivity index (χ1) is 9.11. The number of benzene rings is 2. The van der Waals surface area contributed by atoms with Crippen molar-refractivity contribution in [3.8, 4) is 5.75 Å². The quantitative estimate of drug-likeness (QED) is 0.775. The molecule has 0 amide bonds. The number of aryl methyl sites for hydroxylation is 1. The van der Waals surface area contributed by atoms with Crippen molar-refractivity contribution in [3.05, 3.63) is 65.2 Å². The van der Waals surface area contributed by atoms with Crippen molar-refractivity contribution >= 4 is 0 Å². The third-order valence-corrected chi connectivity index (χ3v) is 3.85. The van der Waals surface area contributed by atoms with Gasteiger partial charge in [0.05, 0.1) is 7.11 Å². The van der Waals surface area contributed by atoms with E-state index in [2.05, 4.69) is 69.3 Å². The molecule has 19 heavy (non-hydrogen) atoms. The van der Waals surface area contributed by atoms with Gasteiger partial charge in [-0.25, -0.2) is 0 Å². The average Bonchev–Trinajstić information content (AvgIpc) is 2.47. The van der Waals surface area contributed by atoms with E-state index in [1.807, 2.05) is 0 Å². The first-order valence-electron chi connectivity index (χ1n) is 6.83. The lowest BCUT2D eigenvalue weighted by atomic mass is 9.77. The SMILES string of the molecule is CCc1cccc(C(C)(C)c2ccccc2)c1OC. The summed E-state index contributed by atoms with van der Waals surface area (Å²) in [6.45, 7) is 6.66. The van der Waals surface area contributed by atoms with Crippen molar-refractivity contribution in [1.82, 2.24) is 0 Å². The van der Waals surface area contributed by atoms with Crippen LogP contribution in [0.3, 0.4) is 0 Å². The van der Waals surface area contributed by atoms with Crippen molar-refractivity contribution in [2.75, 3.05) is 7.11 Å². The number of hydrogen-bond acceptors (Lipinski definition) is 1. The van der Waals surface area contributed by atoms with Crippen molar-refractivity contribution < 1.29 is 4.74 Å². The summed E-state index contributed by atoms with van der Waals surface area (Å²) in [4.78, 5) is 0. The maximum Gasteiger partial charge on any atom is 0.126 e. The van der Waals surface area contributed by atoms with E-state index in [4.69, 9.17) is 4.74 Å². The Labute approximate surface area is 116 Å². The Balaban J connectivity index is 2.58. The van der Waals surface area contributed by atoms with Crippen LogP contribution in [0.5, 0.6) is 5.75 Å². The zero-order chi connectivity index (χ0) is 13.9. The minimum absolute atomic E-state index is 0.0578. The molecule has 2 aromatic carbocycles. The minimum Gasteiger partial charge on any atom is -0.496 e. The lowest BCUT2D eigenvalue weighted by Crippen LogP contribution is -2.20. The number of methoxy groups -OCH3 is 1. The molecular formula is C18H22O. The molecule has 2 rings (SSSR count). The summed E-state index contributed by atoms with van der Waals surface area (Å²) in [5, 5.41) is 0.